The highest BCUT2D eigenvalue weighted by molar-refractivity contribution is 7.99. The summed E-state index contributed by atoms with van der Waals surface area (Å²) in [5, 5.41) is 0. The lowest BCUT2D eigenvalue weighted by molar-refractivity contribution is 1.23. The van der Waals surface area contributed by atoms with Crippen LogP contribution in [0.25, 0.3) is 0 Å². The zero-order valence-electron chi connectivity index (χ0n) is 3.49. The van der Waals surface area contributed by atoms with E-state index < -0.39 is 0 Å². The second-order valence-electron chi connectivity index (χ2n) is 1.15. The molecule has 6 heavy (non-hydrogen) atoms. The number of allylic oxidation sites excluding steroid dienone is 1. The molecule has 0 atom stereocenters. The van der Waals surface area contributed by atoms with E-state index in [2.05, 4.69) is 10.5 Å². The molecule has 0 spiro atoms. The van der Waals surface area contributed by atoms with Crippen LogP contribution in [0.3, 0.4) is 0 Å². The molecule has 0 unspecified atom stereocenters. The maximum atomic E-state index is 2.99. The molecule has 1 heterocycles. The lowest BCUT2D eigenvalue weighted by Gasteiger charge is -1.86. The summed E-state index contributed by atoms with van der Waals surface area (Å²) in [6.45, 7) is 2.01. The summed E-state index contributed by atoms with van der Waals surface area (Å²) < 4.78 is 2.99. The molecule has 0 aromatic rings. The molecule has 0 fully saturated rings. The Morgan fingerprint density at radius 2 is 2.83 bits per heavy atom. The van der Waals surface area contributed by atoms with Crippen LogP contribution in [0, 0.1) is 5.75 Å². The molecule has 0 saturated carbocycles. The fraction of sp³-hybridized carbons (Fsp3) is 0.250. The quantitative estimate of drug-likeness (QED) is 0.458. The summed E-state index contributed by atoms with van der Waals surface area (Å²) in [5.41, 5.74) is 1.18. The molecule has 1 rings (SSSR count). The highest BCUT2D eigenvalue weighted by Crippen LogP contribution is 2.12. The lowest BCUT2D eigenvalue weighted by atomic mass is 10.5. The Kier molecular flexibility index (Phi) is 1.05. The molecule has 0 aromatic heterocycles. The van der Waals surface area contributed by atoms with E-state index in [4.69, 9.17) is 0 Å². The van der Waals surface area contributed by atoms with Crippen molar-refractivity contribution in [3.05, 3.63) is 17.5 Å². The summed E-state index contributed by atoms with van der Waals surface area (Å²) >= 11 is 1.49. The second kappa shape index (κ2) is 1.56. The fourth-order valence-electron chi connectivity index (χ4n) is 0.257. The van der Waals surface area contributed by atoms with E-state index in [1.165, 1.54) is 17.6 Å². The van der Waals surface area contributed by atoms with Gasteiger partial charge in [0.25, 0.3) is 0 Å². The summed E-state index contributed by atoms with van der Waals surface area (Å²) in [6, 6.07) is 0. The molecule has 0 aromatic carbocycles. The van der Waals surface area contributed by atoms with Gasteiger partial charge in [-0.3, -0.25) is 0 Å². The van der Waals surface area contributed by atoms with Gasteiger partial charge < -0.3 is 4.72 Å². The van der Waals surface area contributed by atoms with Crippen molar-refractivity contribution >= 4 is 11.9 Å². The first-order valence-corrected chi connectivity index (χ1v) is 2.55. The van der Waals surface area contributed by atoms with Crippen LogP contribution in [0.4, 0.5) is 0 Å². The smallest absolute Gasteiger partial charge is 0.0991 e. The number of rotatable bonds is 0. The van der Waals surface area contributed by atoms with Crippen molar-refractivity contribution in [1.82, 2.24) is 4.72 Å². The number of nitrogens with one attached hydrogen (secondary N) is 1. The zero-order valence-corrected chi connectivity index (χ0v) is 4.30. The summed E-state index contributed by atoms with van der Waals surface area (Å²) in [6.07, 6.45) is 1.92. The van der Waals surface area contributed by atoms with Gasteiger partial charge in [-0.2, -0.15) is 0 Å². The standard InChI is InChI=1S/C4H5NS/c1-4-2-3-6-5-4/h2,5H,1H3. The monoisotopic (exact) mass is 99.0 g/mol. The highest BCUT2D eigenvalue weighted by atomic mass is 32.2. The van der Waals surface area contributed by atoms with E-state index in [1.807, 2.05) is 13.0 Å². The van der Waals surface area contributed by atoms with Crippen LogP contribution >= 0.6 is 11.9 Å². The molecule has 0 saturated heterocycles. The van der Waals surface area contributed by atoms with Gasteiger partial charge in [0.05, 0.1) is 5.75 Å². The van der Waals surface area contributed by atoms with Gasteiger partial charge in [0.2, 0.25) is 0 Å². The minimum Gasteiger partial charge on any atom is -0.333 e. The van der Waals surface area contributed by atoms with Gasteiger partial charge in [-0.05, 0) is 24.9 Å². The molecule has 1 aliphatic heterocycles. The van der Waals surface area contributed by atoms with E-state index in [0.29, 0.717) is 0 Å². The van der Waals surface area contributed by atoms with Gasteiger partial charge in [0.1, 0.15) is 0 Å². The van der Waals surface area contributed by atoms with E-state index in [0.717, 1.165) is 0 Å². The fourth-order valence-corrected chi connectivity index (χ4v) is 0.772. The summed E-state index contributed by atoms with van der Waals surface area (Å²) in [4.78, 5) is 0. The first-order chi connectivity index (χ1) is 2.89. The zero-order chi connectivity index (χ0) is 4.41. The van der Waals surface area contributed by atoms with Crippen LogP contribution in [0.2, 0.25) is 0 Å². The Bertz CT molecular complexity index is 77.6. The molecule has 0 amide bonds. The van der Waals surface area contributed by atoms with Crippen LogP contribution < -0.4 is 4.72 Å². The van der Waals surface area contributed by atoms with Gasteiger partial charge in [-0.1, -0.05) is 0 Å². The predicted octanol–water partition coefficient (Wildman–Crippen LogP) is 1.18. The molecule has 1 nitrogen and oxygen atoms in total. The SMILES string of the molecule is CC1=C[C]SN1. The van der Waals surface area contributed by atoms with Crippen LogP contribution in [-0.2, 0) is 0 Å². The van der Waals surface area contributed by atoms with Gasteiger partial charge in [-0.25, -0.2) is 0 Å². The second-order valence-corrected chi connectivity index (χ2v) is 1.79. The topological polar surface area (TPSA) is 12.0 Å². The summed E-state index contributed by atoms with van der Waals surface area (Å²) in [5.74, 6) is 2.92. The van der Waals surface area contributed by atoms with E-state index >= 15 is 0 Å². The van der Waals surface area contributed by atoms with Gasteiger partial charge in [0.15, 0.2) is 0 Å². The average molecular weight is 99.2 g/mol. The highest BCUT2D eigenvalue weighted by Gasteiger charge is 1.94. The molecule has 32 valence electrons. The van der Waals surface area contributed by atoms with Crippen LogP contribution in [0.5, 0.6) is 0 Å². The Morgan fingerprint density at radius 1 is 2.00 bits per heavy atom. The number of hydrogen-bond acceptors (Lipinski definition) is 2. The van der Waals surface area contributed by atoms with Gasteiger partial charge in [-0.15, -0.1) is 0 Å². The average Bonchev–Trinajstić information content (AvgIpc) is 1.86. The first-order valence-electron chi connectivity index (χ1n) is 1.74. The number of hydrogen-bond donors (Lipinski definition) is 1. The molecule has 0 aliphatic carbocycles. The molecule has 1 N–H and O–H groups in total. The van der Waals surface area contributed by atoms with Crippen molar-refractivity contribution in [2.45, 2.75) is 6.92 Å². The third kappa shape index (κ3) is 0.684. The van der Waals surface area contributed by atoms with E-state index in [9.17, 15) is 0 Å². The van der Waals surface area contributed by atoms with Crippen molar-refractivity contribution < 1.29 is 0 Å². The Labute approximate surface area is 41.9 Å². The van der Waals surface area contributed by atoms with Gasteiger partial charge >= 0.3 is 0 Å². The van der Waals surface area contributed by atoms with Crippen LogP contribution in [0.15, 0.2) is 11.8 Å². The molecular weight excluding hydrogens is 94.1 g/mol. The summed E-state index contributed by atoms with van der Waals surface area (Å²) in [7, 11) is 0. The van der Waals surface area contributed by atoms with Crippen molar-refractivity contribution in [2.24, 2.45) is 0 Å². The van der Waals surface area contributed by atoms with Crippen molar-refractivity contribution in [1.29, 1.82) is 0 Å². The van der Waals surface area contributed by atoms with Crippen LogP contribution in [-0.4, -0.2) is 0 Å². The molecular formula is C4H5NS. The Morgan fingerprint density at radius 3 is 3.00 bits per heavy atom. The Hall–Kier alpha value is -0.110. The third-order valence-corrected chi connectivity index (χ3v) is 1.21. The maximum Gasteiger partial charge on any atom is 0.0991 e. The van der Waals surface area contributed by atoms with Crippen LogP contribution in [0.1, 0.15) is 6.92 Å². The largest absolute Gasteiger partial charge is 0.333 e. The lowest BCUT2D eigenvalue weighted by Crippen LogP contribution is -1.89. The molecule has 1 aliphatic rings. The predicted molar refractivity (Wildman–Crippen MR) is 27.7 cm³/mol. The first kappa shape index (κ1) is 4.06. The third-order valence-electron chi connectivity index (χ3n) is 0.546. The molecule has 2 heteroatoms. The molecule has 2 radical (unpaired) electrons. The minimum absolute atomic E-state index is 1.18. The van der Waals surface area contributed by atoms with Gasteiger partial charge in [0, 0.05) is 5.70 Å². The maximum absolute atomic E-state index is 2.99. The normalized spacial score (nSPS) is 19.8. The van der Waals surface area contributed by atoms with Crippen molar-refractivity contribution in [3.8, 4) is 0 Å². The van der Waals surface area contributed by atoms with E-state index in [-0.39, 0.29) is 0 Å². The molecule has 0 bridgehead atoms. The van der Waals surface area contributed by atoms with E-state index in [1.54, 1.807) is 0 Å². The Balaban J connectivity index is 2.45. The minimum atomic E-state index is 1.18. The van der Waals surface area contributed by atoms with Crippen molar-refractivity contribution in [3.63, 3.8) is 0 Å². The van der Waals surface area contributed by atoms with Crippen molar-refractivity contribution in [2.75, 3.05) is 0 Å².